The van der Waals surface area contributed by atoms with Crippen LogP contribution < -0.4 is 5.32 Å². The molecule has 2 aliphatic rings. The van der Waals surface area contributed by atoms with Crippen LogP contribution in [0.25, 0.3) is 0 Å². The summed E-state index contributed by atoms with van der Waals surface area (Å²) in [4.78, 5) is 13.0. The van der Waals surface area contributed by atoms with Crippen LogP contribution in [-0.4, -0.2) is 140 Å². The Morgan fingerprint density at radius 1 is 0.636 bits per heavy atom. The molecule has 0 radical (unpaired) electrons. The zero-order valence-corrected chi connectivity index (χ0v) is 33.7. The Morgan fingerprint density at radius 2 is 1.13 bits per heavy atom. The summed E-state index contributed by atoms with van der Waals surface area (Å²) >= 11 is 0. The van der Waals surface area contributed by atoms with Gasteiger partial charge >= 0.3 is 0 Å². The summed E-state index contributed by atoms with van der Waals surface area (Å²) in [6.45, 7) is 2.70. The molecule has 0 bridgehead atoms. The number of nitrogens with one attached hydrogen (secondary N) is 1. The van der Waals surface area contributed by atoms with Gasteiger partial charge in [0, 0.05) is 6.42 Å². The number of unbranched alkanes of at least 4 members (excludes halogenated alkanes) is 18. The van der Waals surface area contributed by atoms with E-state index in [1.165, 1.54) is 83.5 Å². The van der Waals surface area contributed by atoms with Crippen molar-refractivity contribution in [1.29, 1.82) is 0 Å². The maximum atomic E-state index is 13.0. The van der Waals surface area contributed by atoms with Crippen LogP contribution in [0.3, 0.4) is 0 Å². The van der Waals surface area contributed by atoms with Gasteiger partial charge in [-0.05, 0) is 19.3 Å². The van der Waals surface area contributed by atoms with Crippen LogP contribution in [0.1, 0.15) is 149 Å². The molecule has 0 aliphatic carbocycles. The number of hydrogen-bond acceptors (Lipinski definition) is 13. The number of aliphatic hydroxyl groups is 8. The third-order valence-corrected chi connectivity index (χ3v) is 10.7. The number of carbonyl (C=O) groups excluding carboxylic acids is 1. The maximum absolute atomic E-state index is 13.0. The number of amides is 1. The fourth-order valence-electron chi connectivity index (χ4n) is 7.11. The van der Waals surface area contributed by atoms with Crippen molar-refractivity contribution in [2.45, 2.75) is 222 Å². The number of ether oxygens (including phenoxy) is 4. The van der Waals surface area contributed by atoms with Gasteiger partial charge in [-0.15, -0.1) is 0 Å². The maximum Gasteiger partial charge on any atom is 0.220 e. The minimum Gasteiger partial charge on any atom is -0.394 e. The first-order valence-corrected chi connectivity index (χ1v) is 21.4. The Hall–Kier alpha value is -1.27. The summed E-state index contributed by atoms with van der Waals surface area (Å²) in [5.74, 6) is -0.248. The summed E-state index contributed by atoms with van der Waals surface area (Å²) in [5.41, 5.74) is 0. The molecule has 2 aliphatic heterocycles. The normalized spacial score (nSPS) is 29.8. The van der Waals surface area contributed by atoms with E-state index in [0.29, 0.717) is 6.42 Å². The highest BCUT2D eigenvalue weighted by molar-refractivity contribution is 5.76. The molecule has 2 fully saturated rings. The lowest BCUT2D eigenvalue weighted by Gasteiger charge is -2.46. The minimum absolute atomic E-state index is 0.248. The summed E-state index contributed by atoms with van der Waals surface area (Å²) in [5, 5.41) is 86.1. The molecule has 12 atom stereocenters. The van der Waals surface area contributed by atoms with Crippen molar-refractivity contribution >= 4 is 5.91 Å². The first-order chi connectivity index (χ1) is 26.6. The van der Waals surface area contributed by atoms with Gasteiger partial charge in [0.05, 0.1) is 32.0 Å². The van der Waals surface area contributed by atoms with Crippen molar-refractivity contribution in [2.24, 2.45) is 0 Å². The molecule has 0 aromatic heterocycles. The second-order valence-corrected chi connectivity index (χ2v) is 15.5. The molecule has 2 heterocycles. The second-order valence-electron chi connectivity index (χ2n) is 15.5. The molecule has 9 N–H and O–H groups in total. The molecule has 14 heteroatoms. The molecule has 1 amide bonds. The van der Waals surface area contributed by atoms with E-state index in [1.54, 1.807) is 6.08 Å². The van der Waals surface area contributed by atoms with E-state index in [1.807, 2.05) is 6.08 Å². The van der Waals surface area contributed by atoms with Gasteiger partial charge in [-0.1, -0.05) is 135 Å². The largest absolute Gasteiger partial charge is 0.394 e. The highest BCUT2D eigenvalue weighted by Crippen LogP contribution is 2.30. The van der Waals surface area contributed by atoms with Gasteiger partial charge in [0.15, 0.2) is 12.6 Å². The predicted octanol–water partition coefficient (Wildman–Crippen LogP) is 3.26. The van der Waals surface area contributed by atoms with Crippen LogP contribution >= 0.6 is 0 Å². The summed E-state index contributed by atoms with van der Waals surface area (Å²) in [7, 11) is 0. The predicted molar refractivity (Wildman–Crippen MR) is 208 cm³/mol. The van der Waals surface area contributed by atoms with Crippen LogP contribution in [0.15, 0.2) is 12.2 Å². The van der Waals surface area contributed by atoms with Crippen molar-refractivity contribution in [2.75, 3.05) is 19.8 Å². The standard InChI is InChI=1S/C41H77NO13/c1-3-5-7-9-11-12-13-14-15-16-17-19-20-22-24-30(45)29(42-33(46)25-23-21-18-10-8-6-4-2)28-52-40-38(51)36(49)39(32(27-44)54-40)55-41-37(50)35(48)34(47)31(26-43)53-41/h22,24,29-32,34-41,43-45,47-51H,3-21,23,25-28H2,1-2H3,(H,42,46)/b24-22+/t29-,30+,31+,32+,34-,35?,36?,37?,38?,39+,40+,41-/m0/s1. The number of allylic oxidation sites excluding steroid dienone is 1. The molecule has 55 heavy (non-hydrogen) atoms. The van der Waals surface area contributed by atoms with Gasteiger partial charge in [-0.2, -0.15) is 0 Å². The lowest BCUT2D eigenvalue weighted by atomic mass is 9.97. The molecule has 4 unspecified atom stereocenters. The van der Waals surface area contributed by atoms with E-state index in [9.17, 15) is 45.6 Å². The number of carbonyl (C=O) groups is 1. The van der Waals surface area contributed by atoms with E-state index in [2.05, 4.69) is 19.2 Å². The van der Waals surface area contributed by atoms with Crippen LogP contribution in [-0.2, 0) is 23.7 Å². The van der Waals surface area contributed by atoms with Gasteiger partial charge in [0.1, 0.15) is 48.8 Å². The average Bonchev–Trinajstić information content (AvgIpc) is 3.18. The fraction of sp³-hybridized carbons (Fsp3) is 0.927. The van der Waals surface area contributed by atoms with Gasteiger partial charge in [-0.3, -0.25) is 4.79 Å². The lowest BCUT2D eigenvalue weighted by molar-refractivity contribution is -0.359. The minimum atomic E-state index is -1.78. The number of hydrogen-bond donors (Lipinski definition) is 9. The van der Waals surface area contributed by atoms with Crippen LogP contribution in [0.4, 0.5) is 0 Å². The zero-order valence-electron chi connectivity index (χ0n) is 33.7. The Kier molecular flexibility index (Phi) is 27.1. The number of rotatable bonds is 31. The Labute approximate surface area is 329 Å². The molecule has 0 spiro atoms. The number of aliphatic hydroxyl groups excluding tert-OH is 8. The molecular weight excluding hydrogens is 714 g/mol. The van der Waals surface area contributed by atoms with E-state index in [0.717, 1.165) is 38.5 Å². The Morgan fingerprint density at radius 3 is 1.67 bits per heavy atom. The molecule has 14 nitrogen and oxygen atoms in total. The summed E-state index contributed by atoms with van der Waals surface area (Å²) in [6.07, 6.45) is 10.0. The van der Waals surface area contributed by atoms with E-state index >= 15 is 0 Å². The van der Waals surface area contributed by atoms with Crippen molar-refractivity contribution in [3.63, 3.8) is 0 Å². The summed E-state index contributed by atoms with van der Waals surface area (Å²) < 4.78 is 22.5. The van der Waals surface area contributed by atoms with E-state index < -0.39 is 86.8 Å². The van der Waals surface area contributed by atoms with Crippen molar-refractivity contribution in [1.82, 2.24) is 5.32 Å². The molecular formula is C41H77NO13. The first kappa shape index (κ1) is 49.9. The first-order valence-electron chi connectivity index (χ1n) is 21.4. The topological polar surface area (TPSA) is 228 Å². The third kappa shape index (κ3) is 18.9. The van der Waals surface area contributed by atoms with Crippen molar-refractivity contribution < 1.29 is 64.6 Å². The van der Waals surface area contributed by atoms with Gasteiger partial charge in [-0.25, -0.2) is 0 Å². The highest BCUT2D eigenvalue weighted by atomic mass is 16.7. The molecule has 2 rings (SSSR count). The Bertz CT molecular complexity index is 988. The molecule has 0 aromatic rings. The third-order valence-electron chi connectivity index (χ3n) is 10.7. The van der Waals surface area contributed by atoms with E-state index in [4.69, 9.17) is 18.9 Å². The molecule has 0 saturated carbocycles. The van der Waals surface area contributed by atoms with Crippen LogP contribution in [0, 0.1) is 0 Å². The smallest absolute Gasteiger partial charge is 0.220 e. The Balaban J connectivity index is 1.92. The SMILES string of the molecule is CCCCCCCCCCCCCC/C=C/[C@@H](O)[C@H](CO[C@@H]1O[C@H](CO)[C@@H](O[C@@H]2O[C@H](CO)[C@H](O)C(O)C2O)C(O)C1O)NC(=O)CCCCCCCCC. The van der Waals surface area contributed by atoms with Crippen LogP contribution in [0.2, 0.25) is 0 Å². The zero-order chi connectivity index (χ0) is 40.4. The van der Waals surface area contributed by atoms with Gasteiger partial charge in [0.2, 0.25) is 5.91 Å². The molecule has 0 aromatic carbocycles. The quantitative estimate of drug-likeness (QED) is 0.0364. The monoisotopic (exact) mass is 792 g/mol. The summed E-state index contributed by atoms with van der Waals surface area (Å²) in [6, 6.07) is -0.904. The lowest BCUT2D eigenvalue weighted by Crippen LogP contribution is -2.65. The van der Waals surface area contributed by atoms with E-state index in [-0.39, 0.29) is 18.9 Å². The van der Waals surface area contributed by atoms with Crippen molar-refractivity contribution in [3.8, 4) is 0 Å². The second kappa shape index (κ2) is 29.9. The van der Waals surface area contributed by atoms with Crippen LogP contribution in [0.5, 0.6) is 0 Å². The van der Waals surface area contributed by atoms with Gasteiger partial charge < -0.3 is 65.1 Å². The van der Waals surface area contributed by atoms with Gasteiger partial charge in [0.25, 0.3) is 0 Å². The molecule has 324 valence electrons. The highest BCUT2D eigenvalue weighted by Gasteiger charge is 2.50. The van der Waals surface area contributed by atoms with Crippen molar-refractivity contribution in [3.05, 3.63) is 12.2 Å². The fourth-order valence-corrected chi connectivity index (χ4v) is 7.11. The molecule has 2 saturated heterocycles. The average molecular weight is 792 g/mol.